The number of nitrogens with two attached hydrogens (primary N) is 1. The van der Waals surface area contributed by atoms with Gasteiger partial charge in [-0.05, 0) is 24.3 Å². The third-order valence-corrected chi connectivity index (χ3v) is 2.74. The van der Waals surface area contributed by atoms with E-state index in [1.807, 2.05) is 0 Å². The van der Waals surface area contributed by atoms with Gasteiger partial charge >= 0.3 is 5.69 Å². The number of halogens is 1. The van der Waals surface area contributed by atoms with Gasteiger partial charge < -0.3 is 5.84 Å². The Balaban J connectivity index is 2.49. The van der Waals surface area contributed by atoms with Crippen LogP contribution in [0.15, 0.2) is 29.1 Å². The molecule has 0 radical (unpaired) electrons. The van der Waals surface area contributed by atoms with Crippen LogP contribution in [0.4, 0.5) is 0 Å². The fourth-order valence-corrected chi connectivity index (χ4v) is 1.77. The Hall–Kier alpha value is -1.40. The quantitative estimate of drug-likeness (QED) is 0.646. The summed E-state index contributed by atoms with van der Waals surface area (Å²) in [6.07, 6.45) is 0. The van der Waals surface area contributed by atoms with Gasteiger partial charge in [0.25, 0.3) is 0 Å². The molecule has 0 saturated carbocycles. The van der Waals surface area contributed by atoms with Gasteiger partial charge in [-0.25, -0.2) is 9.48 Å². The summed E-state index contributed by atoms with van der Waals surface area (Å²) in [5.74, 6) is 6.60. The largest absolute Gasteiger partial charge is 0.364 e. The molecule has 90 valence electrons. The SMILES string of the molecule is Nn1c(-c2ccc(Cl)cc2)nn(CCS)c1=O. The topological polar surface area (TPSA) is 65.8 Å². The van der Waals surface area contributed by atoms with Crippen LogP contribution < -0.4 is 11.5 Å². The average Bonchev–Trinajstić information content (AvgIpc) is 2.59. The number of nitrogen functional groups attached to an aromatic ring is 1. The Bertz CT molecular complexity index is 575. The van der Waals surface area contributed by atoms with Crippen LogP contribution >= 0.6 is 24.2 Å². The van der Waals surface area contributed by atoms with Crippen LogP contribution in [-0.2, 0) is 6.54 Å². The molecule has 0 aliphatic carbocycles. The second kappa shape index (κ2) is 4.85. The molecule has 1 aromatic carbocycles. The second-order valence-corrected chi connectivity index (χ2v) is 4.31. The van der Waals surface area contributed by atoms with E-state index in [4.69, 9.17) is 17.4 Å². The van der Waals surface area contributed by atoms with E-state index < -0.39 is 0 Å². The van der Waals surface area contributed by atoms with E-state index in [2.05, 4.69) is 17.7 Å². The molecule has 0 fully saturated rings. The van der Waals surface area contributed by atoms with Crippen molar-refractivity contribution in [3.8, 4) is 11.4 Å². The molecule has 0 atom stereocenters. The number of benzene rings is 1. The number of nitrogens with zero attached hydrogens (tertiary/aromatic N) is 3. The highest BCUT2D eigenvalue weighted by Crippen LogP contribution is 2.17. The summed E-state index contributed by atoms with van der Waals surface area (Å²) < 4.78 is 2.31. The summed E-state index contributed by atoms with van der Waals surface area (Å²) in [6, 6.07) is 6.97. The van der Waals surface area contributed by atoms with Crippen molar-refractivity contribution in [3.05, 3.63) is 39.8 Å². The molecule has 17 heavy (non-hydrogen) atoms. The molecule has 0 aliphatic heterocycles. The van der Waals surface area contributed by atoms with E-state index >= 15 is 0 Å². The summed E-state index contributed by atoms with van der Waals surface area (Å²) >= 11 is 9.85. The highest BCUT2D eigenvalue weighted by molar-refractivity contribution is 7.80. The molecule has 5 nitrogen and oxygen atoms in total. The number of thiol groups is 1. The van der Waals surface area contributed by atoms with E-state index in [0.29, 0.717) is 23.1 Å². The van der Waals surface area contributed by atoms with E-state index in [1.54, 1.807) is 24.3 Å². The first-order valence-electron chi connectivity index (χ1n) is 4.95. The predicted octanol–water partition coefficient (Wildman–Crippen LogP) is 1.01. The van der Waals surface area contributed by atoms with E-state index in [1.165, 1.54) is 4.68 Å². The lowest BCUT2D eigenvalue weighted by molar-refractivity contribution is 0.634. The van der Waals surface area contributed by atoms with Crippen molar-refractivity contribution in [1.29, 1.82) is 0 Å². The normalized spacial score (nSPS) is 10.7. The fraction of sp³-hybridized carbons (Fsp3) is 0.200. The monoisotopic (exact) mass is 270 g/mol. The first kappa shape index (κ1) is 12.1. The van der Waals surface area contributed by atoms with Crippen LogP contribution in [0.2, 0.25) is 5.02 Å². The van der Waals surface area contributed by atoms with Crippen LogP contribution in [-0.4, -0.2) is 20.2 Å². The minimum Gasteiger partial charge on any atom is -0.333 e. The Morgan fingerprint density at radius 3 is 2.59 bits per heavy atom. The van der Waals surface area contributed by atoms with Gasteiger partial charge in [0, 0.05) is 16.3 Å². The van der Waals surface area contributed by atoms with E-state index in [-0.39, 0.29) is 5.69 Å². The lowest BCUT2D eigenvalue weighted by Gasteiger charge is -1.98. The van der Waals surface area contributed by atoms with Gasteiger partial charge in [-0.15, -0.1) is 5.10 Å². The Kier molecular flexibility index (Phi) is 3.44. The van der Waals surface area contributed by atoms with Crippen molar-refractivity contribution in [2.45, 2.75) is 6.54 Å². The fourth-order valence-electron chi connectivity index (χ4n) is 1.46. The maximum Gasteiger partial charge on any atom is 0.364 e. The summed E-state index contributed by atoms with van der Waals surface area (Å²) in [5, 5.41) is 4.77. The van der Waals surface area contributed by atoms with Crippen LogP contribution in [0.25, 0.3) is 11.4 Å². The van der Waals surface area contributed by atoms with Crippen molar-refractivity contribution in [2.24, 2.45) is 0 Å². The van der Waals surface area contributed by atoms with Gasteiger partial charge in [-0.1, -0.05) is 11.6 Å². The molecular formula is C10H11ClN4OS. The smallest absolute Gasteiger partial charge is 0.333 e. The standard InChI is InChI=1S/C10H11ClN4OS/c11-8-3-1-7(2-4-8)9-13-14(5-6-17)10(16)15(9)12/h1-4,17H,5-6,12H2. The molecule has 2 aromatic rings. The number of hydrogen-bond donors (Lipinski definition) is 2. The lowest BCUT2D eigenvalue weighted by atomic mass is 10.2. The van der Waals surface area contributed by atoms with Gasteiger partial charge in [0.15, 0.2) is 5.82 Å². The molecular weight excluding hydrogens is 260 g/mol. The summed E-state index contributed by atoms with van der Waals surface area (Å²) in [5.41, 5.74) is 0.385. The molecule has 1 aromatic heterocycles. The van der Waals surface area contributed by atoms with Crippen LogP contribution in [0, 0.1) is 0 Å². The third kappa shape index (κ3) is 2.32. The highest BCUT2D eigenvalue weighted by Gasteiger charge is 2.12. The maximum absolute atomic E-state index is 11.7. The molecule has 2 N–H and O–H groups in total. The Morgan fingerprint density at radius 1 is 1.35 bits per heavy atom. The molecule has 7 heteroatoms. The van der Waals surface area contributed by atoms with Gasteiger partial charge in [0.2, 0.25) is 0 Å². The molecule has 2 rings (SSSR count). The molecule has 0 unspecified atom stereocenters. The van der Waals surface area contributed by atoms with Crippen molar-refractivity contribution in [2.75, 3.05) is 11.6 Å². The molecule has 0 saturated heterocycles. The van der Waals surface area contributed by atoms with Crippen molar-refractivity contribution in [1.82, 2.24) is 14.5 Å². The van der Waals surface area contributed by atoms with Gasteiger partial charge in [-0.2, -0.15) is 17.3 Å². The number of hydrogen-bond acceptors (Lipinski definition) is 4. The van der Waals surface area contributed by atoms with Crippen LogP contribution in [0.5, 0.6) is 0 Å². The number of rotatable bonds is 3. The summed E-state index contributed by atoms with van der Waals surface area (Å²) in [7, 11) is 0. The first-order chi connectivity index (χ1) is 8.13. The minimum absolute atomic E-state index is 0.357. The zero-order valence-corrected chi connectivity index (χ0v) is 10.5. The Morgan fingerprint density at radius 2 is 2.00 bits per heavy atom. The molecule has 1 heterocycles. The van der Waals surface area contributed by atoms with Crippen molar-refractivity contribution >= 4 is 24.2 Å². The highest BCUT2D eigenvalue weighted by atomic mass is 35.5. The molecule has 0 aliphatic rings. The zero-order valence-electron chi connectivity index (χ0n) is 8.88. The van der Waals surface area contributed by atoms with Gasteiger partial charge in [0.1, 0.15) is 0 Å². The van der Waals surface area contributed by atoms with Gasteiger partial charge in [-0.3, -0.25) is 0 Å². The lowest BCUT2D eigenvalue weighted by Crippen LogP contribution is -2.30. The maximum atomic E-state index is 11.7. The third-order valence-electron chi connectivity index (χ3n) is 2.28. The van der Waals surface area contributed by atoms with Crippen molar-refractivity contribution < 1.29 is 0 Å². The zero-order chi connectivity index (χ0) is 12.4. The molecule has 0 spiro atoms. The Labute approximate surface area is 108 Å². The average molecular weight is 271 g/mol. The molecule has 0 bridgehead atoms. The van der Waals surface area contributed by atoms with Crippen LogP contribution in [0.3, 0.4) is 0 Å². The summed E-state index contributed by atoms with van der Waals surface area (Å²) in [6.45, 7) is 0.423. The summed E-state index contributed by atoms with van der Waals surface area (Å²) in [4.78, 5) is 11.7. The predicted molar refractivity (Wildman–Crippen MR) is 70.9 cm³/mol. The second-order valence-electron chi connectivity index (χ2n) is 3.43. The van der Waals surface area contributed by atoms with Crippen molar-refractivity contribution in [3.63, 3.8) is 0 Å². The number of aromatic nitrogens is 3. The van der Waals surface area contributed by atoms with Crippen LogP contribution in [0.1, 0.15) is 0 Å². The van der Waals surface area contributed by atoms with Gasteiger partial charge in [0.05, 0.1) is 6.54 Å². The number of aryl methyl sites for hydroxylation is 1. The van der Waals surface area contributed by atoms with E-state index in [9.17, 15) is 4.79 Å². The minimum atomic E-state index is -0.357. The molecule has 0 amide bonds. The van der Waals surface area contributed by atoms with E-state index in [0.717, 1.165) is 10.2 Å². The first-order valence-corrected chi connectivity index (χ1v) is 5.96.